The van der Waals surface area contributed by atoms with Gasteiger partial charge in [-0.1, -0.05) is 85.1 Å². The molecular formula is C31H39N2O3+. The van der Waals surface area contributed by atoms with Gasteiger partial charge in [0.15, 0.2) is 5.76 Å². The molecule has 0 radical (unpaired) electrons. The molecule has 0 amide bonds. The van der Waals surface area contributed by atoms with Gasteiger partial charge in [0.25, 0.3) is 0 Å². The van der Waals surface area contributed by atoms with Gasteiger partial charge < -0.3 is 18.8 Å². The van der Waals surface area contributed by atoms with Crippen molar-refractivity contribution in [3.8, 4) is 0 Å². The summed E-state index contributed by atoms with van der Waals surface area (Å²) in [6, 6.07) is 22.6. The van der Waals surface area contributed by atoms with Crippen molar-refractivity contribution in [3.63, 3.8) is 0 Å². The molecule has 3 saturated heterocycles. The molecular weight excluding hydrogens is 448 g/mol. The number of hydrogen-bond acceptors (Lipinski definition) is 4. The van der Waals surface area contributed by atoms with Gasteiger partial charge in [0.2, 0.25) is 0 Å². The van der Waals surface area contributed by atoms with Crippen LogP contribution in [0.1, 0.15) is 67.5 Å². The molecule has 4 fully saturated rings. The Kier molecular flexibility index (Phi) is 6.72. The van der Waals surface area contributed by atoms with Gasteiger partial charge in [-0.15, -0.1) is 0 Å². The van der Waals surface area contributed by atoms with Crippen molar-refractivity contribution in [2.24, 2.45) is 11.8 Å². The van der Waals surface area contributed by atoms with E-state index in [-0.39, 0.29) is 5.92 Å². The SMILES string of the molecule is OC(c1ccccc1)(c1cc(C[N+]23CCC(CC2)[C@@H](OCc2ccccc2)C3)on1)C1CCCCC1. The molecule has 1 N–H and O–H groups in total. The van der Waals surface area contributed by atoms with Crippen LogP contribution in [0.3, 0.4) is 0 Å². The second kappa shape index (κ2) is 10.1. The first-order valence-corrected chi connectivity index (χ1v) is 13.9. The molecule has 1 unspecified atom stereocenters. The van der Waals surface area contributed by atoms with Crippen LogP contribution in [-0.4, -0.2) is 40.5 Å². The summed E-state index contributed by atoms with van der Waals surface area (Å²) in [6.07, 6.45) is 8.32. The van der Waals surface area contributed by atoms with Crippen molar-refractivity contribution < 1.29 is 18.8 Å². The van der Waals surface area contributed by atoms with Crippen molar-refractivity contribution in [3.05, 3.63) is 89.3 Å². The Bertz CT molecular complexity index is 1120. The molecule has 4 heterocycles. The largest absolute Gasteiger partial charge is 0.378 e. The van der Waals surface area contributed by atoms with Gasteiger partial charge in [0.05, 0.1) is 19.7 Å². The molecule has 2 bridgehead atoms. The van der Waals surface area contributed by atoms with Crippen molar-refractivity contribution in [2.75, 3.05) is 19.6 Å². The minimum absolute atomic E-state index is 0.167. The van der Waals surface area contributed by atoms with Gasteiger partial charge in [0.1, 0.15) is 30.5 Å². The van der Waals surface area contributed by atoms with Crippen LogP contribution in [0.4, 0.5) is 0 Å². The average molecular weight is 488 g/mol. The first-order valence-electron chi connectivity index (χ1n) is 13.9. The summed E-state index contributed by atoms with van der Waals surface area (Å²) in [7, 11) is 0. The zero-order valence-corrected chi connectivity index (χ0v) is 21.2. The molecule has 2 atom stereocenters. The fourth-order valence-corrected chi connectivity index (χ4v) is 7.11. The third-order valence-corrected chi connectivity index (χ3v) is 9.20. The zero-order valence-electron chi connectivity index (χ0n) is 21.2. The van der Waals surface area contributed by atoms with E-state index in [9.17, 15) is 5.11 Å². The van der Waals surface area contributed by atoms with Gasteiger partial charge in [-0.05, 0) is 29.9 Å². The Morgan fingerprint density at radius 3 is 2.33 bits per heavy atom. The summed E-state index contributed by atoms with van der Waals surface area (Å²) < 4.78 is 13.4. The van der Waals surface area contributed by atoms with Crippen LogP contribution in [0.5, 0.6) is 0 Å². The van der Waals surface area contributed by atoms with Crippen molar-refractivity contribution in [1.29, 1.82) is 0 Å². The molecule has 4 aliphatic rings. The lowest BCUT2D eigenvalue weighted by molar-refractivity contribution is -0.959. The number of piperidine rings is 3. The van der Waals surface area contributed by atoms with E-state index in [0.29, 0.717) is 24.3 Å². The molecule has 3 aliphatic heterocycles. The standard InChI is InChI=1S/C31H39N2O3/c34-31(26-12-6-2-7-13-26,27-14-8-3-9-15-27)30-20-28(36-32-30)21-33-18-16-25(17-19-33)29(22-33)35-23-24-10-4-1-5-11-24/h1-2,4-7,10-13,20,25,27,29,34H,3,8-9,14-19,21-23H2/q+1/t25?,29-,31?,33?/m0/s1. The van der Waals surface area contributed by atoms with E-state index in [1.807, 2.05) is 30.3 Å². The number of aromatic nitrogens is 1. The van der Waals surface area contributed by atoms with Gasteiger partial charge in [-0.2, -0.15) is 0 Å². The van der Waals surface area contributed by atoms with E-state index in [4.69, 9.17) is 9.26 Å². The fraction of sp³-hybridized carbons (Fsp3) is 0.516. The zero-order chi connectivity index (χ0) is 24.4. The minimum atomic E-state index is -1.10. The predicted octanol–water partition coefficient (Wildman–Crippen LogP) is 5.82. The van der Waals surface area contributed by atoms with Gasteiger partial charge >= 0.3 is 0 Å². The van der Waals surface area contributed by atoms with E-state index in [2.05, 4.69) is 41.6 Å². The van der Waals surface area contributed by atoms with Crippen LogP contribution in [0.25, 0.3) is 0 Å². The fourth-order valence-electron chi connectivity index (χ4n) is 7.11. The van der Waals surface area contributed by atoms with Crippen LogP contribution in [-0.2, 0) is 23.5 Å². The summed E-state index contributed by atoms with van der Waals surface area (Å²) in [6.45, 7) is 4.86. The van der Waals surface area contributed by atoms with Crippen LogP contribution >= 0.6 is 0 Å². The van der Waals surface area contributed by atoms with E-state index in [0.717, 1.165) is 67.7 Å². The molecule has 190 valence electrons. The second-order valence-electron chi connectivity index (χ2n) is 11.4. The van der Waals surface area contributed by atoms with E-state index in [1.54, 1.807) is 0 Å². The van der Waals surface area contributed by atoms with E-state index >= 15 is 0 Å². The van der Waals surface area contributed by atoms with Gasteiger partial charge in [-0.25, -0.2) is 0 Å². The lowest BCUT2D eigenvalue weighted by atomic mass is 9.71. The number of aliphatic hydroxyl groups is 1. The molecule has 0 spiro atoms. The lowest BCUT2D eigenvalue weighted by Gasteiger charge is -2.51. The number of quaternary nitrogens is 1. The topological polar surface area (TPSA) is 55.5 Å². The van der Waals surface area contributed by atoms with Gasteiger partial charge in [-0.3, -0.25) is 0 Å². The minimum Gasteiger partial charge on any atom is -0.378 e. The second-order valence-corrected chi connectivity index (χ2v) is 11.4. The Balaban J connectivity index is 1.20. The third-order valence-electron chi connectivity index (χ3n) is 9.20. The molecule has 3 aromatic rings. The maximum absolute atomic E-state index is 12.2. The molecule has 7 rings (SSSR count). The Morgan fingerprint density at radius 1 is 0.917 bits per heavy atom. The number of rotatable bonds is 8. The number of benzene rings is 2. The number of fused-ring (bicyclic) bond motifs is 3. The molecule has 1 aliphatic carbocycles. The highest BCUT2D eigenvalue weighted by molar-refractivity contribution is 5.33. The maximum atomic E-state index is 12.2. The summed E-state index contributed by atoms with van der Waals surface area (Å²) in [5.74, 6) is 1.71. The number of ether oxygens (including phenoxy) is 1. The predicted molar refractivity (Wildman–Crippen MR) is 139 cm³/mol. The van der Waals surface area contributed by atoms with Crippen LogP contribution in [0, 0.1) is 11.8 Å². The maximum Gasteiger partial charge on any atom is 0.191 e. The van der Waals surface area contributed by atoms with Crippen LogP contribution in [0.15, 0.2) is 71.3 Å². The van der Waals surface area contributed by atoms with E-state index < -0.39 is 5.60 Å². The van der Waals surface area contributed by atoms with Gasteiger partial charge in [0, 0.05) is 24.8 Å². The third kappa shape index (κ3) is 4.65. The molecule has 5 heteroatoms. The highest BCUT2D eigenvalue weighted by Crippen LogP contribution is 2.44. The number of nitrogens with zero attached hydrogens (tertiary/aromatic N) is 2. The van der Waals surface area contributed by atoms with Crippen LogP contribution in [0.2, 0.25) is 0 Å². The average Bonchev–Trinajstić information content (AvgIpc) is 3.42. The summed E-state index contributed by atoms with van der Waals surface area (Å²) in [5, 5.41) is 16.7. The first kappa shape index (κ1) is 23.9. The quantitative estimate of drug-likeness (QED) is 0.407. The Labute approximate surface area is 214 Å². The highest BCUT2D eigenvalue weighted by Gasteiger charge is 2.48. The van der Waals surface area contributed by atoms with Crippen molar-refractivity contribution >= 4 is 0 Å². The summed E-state index contributed by atoms with van der Waals surface area (Å²) >= 11 is 0. The van der Waals surface area contributed by atoms with Crippen LogP contribution < -0.4 is 0 Å². The molecule has 2 aromatic carbocycles. The smallest absolute Gasteiger partial charge is 0.191 e. The monoisotopic (exact) mass is 487 g/mol. The van der Waals surface area contributed by atoms with Crippen molar-refractivity contribution in [1.82, 2.24) is 5.16 Å². The Hall–Kier alpha value is -2.47. The first-order chi connectivity index (χ1) is 17.6. The molecule has 5 nitrogen and oxygen atoms in total. The lowest BCUT2D eigenvalue weighted by Crippen LogP contribution is -2.63. The molecule has 36 heavy (non-hydrogen) atoms. The normalized spacial score (nSPS) is 28.1. The summed E-state index contributed by atoms with van der Waals surface area (Å²) in [4.78, 5) is 0. The number of hydrogen-bond donors (Lipinski definition) is 1. The molecule has 1 aromatic heterocycles. The van der Waals surface area contributed by atoms with E-state index in [1.165, 1.54) is 24.8 Å². The van der Waals surface area contributed by atoms with Crippen molar-refractivity contribution in [2.45, 2.75) is 69.8 Å². The summed E-state index contributed by atoms with van der Waals surface area (Å²) in [5.41, 5.74) is 1.75. The highest BCUT2D eigenvalue weighted by atomic mass is 16.5. The Morgan fingerprint density at radius 2 is 1.61 bits per heavy atom. The molecule has 1 saturated carbocycles.